The molecule has 128 valence electrons. The standard InChI is InChI=1S/C22H40/c1-3-5-8-13-20-17-21-14-10-7-6-9-12-19(11-4-2)15-16-22(21)18-20/h8,13,19-22H,3-7,9-12,14-18H2,1-2H3/b13-8-. The maximum Gasteiger partial charge on any atom is -0.0228 e. The molecular formula is C22H40. The number of hydrogen-bond acceptors (Lipinski definition) is 0. The lowest BCUT2D eigenvalue weighted by Crippen LogP contribution is -2.10. The van der Waals surface area contributed by atoms with Gasteiger partial charge in [0.2, 0.25) is 0 Å². The van der Waals surface area contributed by atoms with Gasteiger partial charge in [-0.25, -0.2) is 0 Å². The van der Waals surface area contributed by atoms with Crippen molar-refractivity contribution >= 4 is 0 Å². The van der Waals surface area contributed by atoms with Gasteiger partial charge in [-0.15, -0.1) is 0 Å². The number of fused-ring (bicyclic) bond motifs is 1. The molecule has 2 aliphatic rings. The lowest BCUT2D eigenvalue weighted by Gasteiger charge is -2.21. The Kier molecular flexibility index (Phi) is 8.63. The fourth-order valence-electron chi connectivity index (χ4n) is 5.06. The molecule has 0 bridgehead atoms. The van der Waals surface area contributed by atoms with Gasteiger partial charge in [-0.3, -0.25) is 0 Å². The lowest BCUT2D eigenvalue weighted by molar-refractivity contribution is 0.299. The quantitative estimate of drug-likeness (QED) is 0.460. The highest BCUT2D eigenvalue weighted by molar-refractivity contribution is 4.96. The summed E-state index contributed by atoms with van der Waals surface area (Å²) in [7, 11) is 0. The number of unbranched alkanes of at least 4 members (excludes halogenated alkanes) is 1. The maximum atomic E-state index is 2.58. The molecule has 0 heterocycles. The molecule has 0 nitrogen and oxygen atoms in total. The van der Waals surface area contributed by atoms with Gasteiger partial charge in [0.1, 0.15) is 0 Å². The van der Waals surface area contributed by atoms with E-state index in [1.165, 1.54) is 89.9 Å². The molecular weight excluding hydrogens is 264 g/mol. The van der Waals surface area contributed by atoms with Crippen LogP contribution in [0.15, 0.2) is 12.2 Å². The zero-order valence-corrected chi connectivity index (χ0v) is 15.4. The lowest BCUT2D eigenvalue weighted by atomic mass is 9.84. The monoisotopic (exact) mass is 304 g/mol. The Morgan fingerprint density at radius 2 is 1.50 bits per heavy atom. The van der Waals surface area contributed by atoms with E-state index >= 15 is 0 Å². The molecule has 0 spiro atoms. The summed E-state index contributed by atoms with van der Waals surface area (Å²) in [6.07, 6.45) is 25.6. The predicted octanol–water partition coefficient (Wildman–Crippen LogP) is 7.54. The number of allylic oxidation sites excluding steroid dienone is 2. The summed E-state index contributed by atoms with van der Waals surface area (Å²) >= 11 is 0. The Hall–Kier alpha value is -0.260. The van der Waals surface area contributed by atoms with Gasteiger partial charge in [0.15, 0.2) is 0 Å². The fraction of sp³-hybridized carbons (Fsp3) is 0.909. The van der Waals surface area contributed by atoms with Crippen molar-refractivity contribution in [2.24, 2.45) is 23.7 Å². The molecule has 0 radical (unpaired) electrons. The van der Waals surface area contributed by atoms with Crippen molar-refractivity contribution in [3.63, 3.8) is 0 Å². The van der Waals surface area contributed by atoms with Crippen molar-refractivity contribution < 1.29 is 0 Å². The molecule has 2 rings (SSSR count). The van der Waals surface area contributed by atoms with Crippen LogP contribution in [0.5, 0.6) is 0 Å². The van der Waals surface area contributed by atoms with E-state index < -0.39 is 0 Å². The second-order valence-corrected chi connectivity index (χ2v) is 8.19. The highest BCUT2D eigenvalue weighted by Gasteiger charge is 2.32. The van der Waals surface area contributed by atoms with Gasteiger partial charge in [0.25, 0.3) is 0 Å². The molecule has 4 atom stereocenters. The summed E-state index contributed by atoms with van der Waals surface area (Å²) < 4.78 is 0. The topological polar surface area (TPSA) is 0 Å². The normalized spacial score (nSPS) is 34.5. The van der Waals surface area contributed by atoms with Crippen molar-refractivity contribution in [1.82, 2.24) is 0 Å². The minimum absolute atomic E-state index is 0.911. The second kappa shape index (κ2) is 10.5. The molecule has 0 aliphatic heterocycles. The molecule has 0 amide bonds. The first kappa shape index (κ1) is 18.1. The van der Waals surface area contributed by atoms with Crippen LogP contribution in [0.25, 0.3) is 0 Å². The average Bonchev–Trinajstić information content (AvgIpc) is 2.88. The molecule has 2 aliphatic carbocycles. The first-order chi connectivity index (χ1) is 10.8. The molecule has 0 N–H and O–H groups in total. The Morgan fingerprint density at radius 1 is 0.773 bits per heavy atom. The van der Waals surface area contributed by atoms with Crippen molar-refractivity contribution in [2.45, 2.75) is 104 Å². The van der Waals surface area contributed by atoms with E-state index in [0.717, 1.165) is 23.7 Å². The molecule has 0 aromatic heterocycles. The molecule has 22 heavy (non-hydrogen) atoms. The van der Waals surface area contributed by atoms with Gasteiger partial charge in [-0.1, -0.05) is 90.2 Å². The first-order valence-electron chi connectivity index (χ1n) is 10.5. The average molecular weight is 305 g/mol. The Bertz CT molecular complexity index is 303. The molecule has 4 unspecified atom stereocenters. The smallest absolute Gasteiger partial charge is 0.0228 e. The molecule has 2 saturated carbocycles. The highest BCUT2D eigenvalue weighted by Crippen LogP contribution is 2.44. The van der Waals surface area contributed by atoms with Gasteiger partial charge < -0.3 is 0 Å². The Balaban J connectivity index is 1.89. The van der Waals surface area contributed by atoms with Crippen molar-refractivity contribution in [1.29, 1.82) is 0 Å². The highest BCUT2D eigenvalue weighted by atomic mass is 14.4. The zero-order chi connectivity index (χ0) is 15.6. The van der Waals surface area contributed by atoms with Crippen LogP contribution in [0.1, 0.15) is 104 Å². The van der Waals surface area contributed by atoms with Crippen LogP contribution in [0.3, 0.4) is 0 Å². The third kappa shape index (κ3) is 6.09. The van der Waals surface area contributed by atoms with E-state index in [1.807, 2.05) is 0 Å². The number of rotatable bonds is 5. The number of hydrogen-bond donors (Lipinski definition) is 0. The summed E-state index contributed by atoms with van der Waals surface area (Å²) in [6.45, 7) is 4.66. The Morgan fingerprint density at radius 3 is 2.23 bits per heavy atom. The van der Waals surface area contributed by atoms with Crippen molar-refractivity contribution in [3.8, 4) is 0 Å². The fourth-order valence-corrected chi connectivity index (χ4v) is 5.06. The van der Waals surface area contributed by atoms with Crippen LogP contribution in [0.2, 0.25) is 0 Å². The van der Waals surface area contributed by atoms with E-state index in [1.54, 1.807) is 0 Å². The van der Waals surface area contributed by atoms with Crippen LogP contribution >= 0.6 is 0 Å². The molecule has 0 aromatic carbocycles. The molecule has 0 saturated heterocycles. The Labute approximate surface area is 140 Å². The predicted molar refractivity (Wildman–Crippen MR) is 99.1 cm³/mol. The van der Waals surface area contributed by atoms with Gasteiger partial charge in [-0.05, 0) is 49.4 Å². The van der Waals surface area contributed by atoms with Crippen molar-refractivity contribution in [2.75, 3.05) is 0 Å². The molecule has 0 heteroatoms. The minimum atomic E-state index is 0.911. The van der Waals surface area contributed by atoms with Crippen molar-refractivity contribution in [3.05, 3.63) is 12.2 Å². The van der Waals surface area contributed by atoms with Crippen LogP contribution < -0.4 is 0 Å². The van der Waals surface area contributed by atoms with Gasteiger partial charge in [0, 0.05) is 0 Å². The van der Waals surface area contributed by atoms with Crippen LogP contribution in [0.4, 0.5) is 0 Å². The van der Waals surface area contributed by atoms with E-state index in [4.69, 9.17) is 0 Å². The molecule has 0 aromatic rings. The molecule has 2 fully saturated rings. The van der Waals surface area contributed by atoms with E-state index in [2.05, 4.69) is 26.0 Å². The minimum Gasteiger partial charge on any atom is -0.0883 e. The summed E-state index contributed by atoms with van der Waals surface area (Å²) in [5.74, 6) is 4.05. The van der Waals surface area contributed by atoms with Gasteiger partial charge in [-0.2, -0.15) is 0 Å². The van der Waals surface area contributed by atoms with Crippen LogP contribution in [-0.4, -0.2) is 0 Å². The third-order valence-electron chi connectivity index (χ3n) is 6.32. The largest absolute Gasteiger partial charge is 0.0883 e. The summed E-state index contributed by atoms with van der Waals surface area (Å²) in [5, 5.41) is 0. The zero-order valence-electron chi connectivity index (χ0n) is 15.4. The van der Waals surface area contributed by atoms with E-state index in [9.17, 15) is 0 Å². The van der Waals surface area contributed by atoms with E-state index in [-0.39, 0.29) is 0 Å². The van der Waals surface area contributed by atoms with Gasteiger partial charge >= 0.3 is 0 Å². The first-order valence-corrected chi connectivity index (χ1v) is 10.5. The van der Waals surface area contributed by atoms with E-state index in [0.29, 0.717) is 0 Å². The second-order valence-electron chi connectivity index (χ2n) is 8.19. The van der Waals surface area contributed by atoms with Crippen LogP contribution in [0, 0.1) is 23.7 Å². The van der Waals surface area contributed by atoms with Gasteiger partial charge in [0.05, 0.1) is 0 Å². The summed E-state index contributed by atoms with van der Waals surface area (Å²) in [5.41, 5.74) is 0. The third-order valence-corrected chi connectivity index (χ3v) is 6.32. The summed E-state index contributed by atoms with van der Waals surface area (Å²) in [6, 6.07) is 0. The summed E-state index contributed by atoms with van der Waals surface area (Å²) in [4.78, 5) is 0. The maximum absolute atomic E-state index is 2.58. The van der Waals surface area contributed by atoms with Crippen LogP contribution in [-0.2, 0) is 0 Å². The SMILES string of the molecule is CCC/C=C\C1CC2CCCCCCC(CCC)CCC2C1.